The average molecular weight is 458 g/mol. The molecule has 1 aromatic carbocycles. The smallest absolute Gasteiger partial charge is 0.223 e. The standard InChI is InChI=1S/C16H19FN6O.HI/c1-10-22-15(23-24-10)9-21-16(18-2)19-6-5-11-8-20-14-4-3-12(17)7-13(11)14;/h3-4,7-8,20H,5-6,9H2,1-2H3,(H2,18,19,21);1H. The molecule has 3 rings (SSSR count). The zero-order chi connectivity index (χ0) is 16.9. The SMILES string of the molecule is CN=C(NCCc1c[nH]c2ccc(F)cc12)NCc1noc(C)n1.I. The van der Waals surface area contributed by atoms with Crippen molar-refractivity contribution in [1.82, 2.24) is 25.8 Å². The highest BCUT2D eigenvalue weighted by Gasteiger charge is 2.06. The van der Waals surface area contributed by atoms with E-state index in [1.54, 1.807) is 26.1 Å². The van der Waals surface area contributed by atoms with Crippen molar-refractivity contribution in [2.24, 2.45) is 4.99 Å². The number of aromatic nitrogens is 3. The zero-order valence-electron chi connectivity index (χ0n) is 14.0. The number of hydrogen-bond donors (Lipinski definition) is 3. The molecule has 0 spiro atoms. The molecule has 2 heterocycles. The highest BCUT2D eigenvalue weighted by Crippen LogP contribution is 2.19. The Morgan fingerprint density at radius 1 is 1.36 bits per heavy atom. The quantitative estimate of drug-likeness (QED) is 0.311. The number of fused-ring (bicyclic) bond motifs is 1. The lowest BCUT2D eigenvalue weighted by Crippen LogP contribution is -2.38. The molecular weight excluding hydrogens is 438 g/mol. The van der Waals surface area contributed by atoms with E-state index in [-0.39, 0.29) is 29.8 Å². The number of aryl methyl sites for hydroxylation is 1. The van der Waals surface area contributed by atoms with Crippen molar-refractivity contribution < 1.29 is 8.91 Å². The molecule has 0 unspecified atom stereocenters. The molecule has 9 heteroatoms. The van der Waals surface area contributed by atoms with Crippen LogP contribution >= 0.6 is 24.0 Å². The van der Waals surface area contributed by atoms with E-state index in [9.17, 15) is 4.39 Å². The van der Waals surface area contributed by atoms with E-state index in [0.717, 1.165) is 22.9 Å². The van der Waals surface area contributed by atoms with E-state index in [1.807, 2.05) is 6.20 Å². The number of benzene rings is 1. The molecule has 0 atom stereocenters. The maximum Gasteiger partial charge on any atom is 0.223 e. The summed E-state index contributed by atoms with van der Waals surface area (Å²) in [5, 5.41) is 11.0. The zero-order valence-corrected chi connectivity index (χ0v) is 16.3. The molecule has 0 aliphatic carbocycles. The number of nitrogens with zero attached hydrogens (tertiary/aromatic N) is 3. The van der Waals surface area contributed by atoms with E-state index in [4.69, 9.17) is 4.52 Å². The molecule has 3 N–H and O–H groups in total. The number of halogens is 2. The van der Waals surface area contributed by atoms with Gasteiger partial charge < -0.3 is 20.1 Å². The number of aliphatic imine (C=N–C) groups is 1. The Hall–Kier alpha value is -2.17. The topological polar surface area (TPSA) is 91.1 Å². The first kappa shape index (κ1) is 19.2. The molecule has 0 fully saturated rings. The van der Waals surface area contributed by atoms with E-state index in [2.05, 4.69) is 30.8 Å². The van der Waals surface area contributed by atoms with Gasteiger partial charge in [-0.2, -0.15) is 4.98 Å². The molecule has 0 bridgehead atoms. The fourth-order valence-corrected chi connectivity index (χ4v) is 2.47. The Morgan fingerprint density at radius 3 is 2.92 bits per heavy atom. The number of rotatable bonds is 5. The van der Waals surface area contributed by atoms with Crippen LogP contribution in [0.15, 0.2) is 33.9 Å². The molecule has 7 nitrogen and oxygen atoms in total. The Labute approximate surface area is 161 Å². The fraction of sp³-hybridized carbons (Fsp3) is 0.312. The van der Waals surface area contributed by atoms with Crippen LogP contribution in [0.25, 0.3) is 10.9 Å². The molecule has 0 saturated heterocycles. The third-order valence-electron chi connectivity index (χ3n) is 3.62. The molecule has 0 aliphatic rings. The number of aromatic amines is 1. The van der Waals surface area contributed by atoms with Crippen molar-refractivity contribution in [2.75, 3.05) is 13.6 Å². The molecule has 0 aliphatic heterocycles. The maximum atomic E-state index is 13.4. The second-order valence-corrected chi connectivity index (χ2v) is 5.34. The summed E-state index contributed by atoms with van der Waals surface area (Å²) in [7, 11) is 1.69. The third kappa shape index (κ3) is 4.91. The summed E-state index contributed by atoms with van der Waals surface area (Å²) in [5.41, 5.74) is 1.99. The monoisotopic (exact) mass is 458 g/mol. The van der Waals surface area contributed by atoms with Crippen molar-refractivity contribution in [3.8, 4) is 0 Å². The van der Waals surface area contributed by atoms with Gasteiger partial charge in [-0.25, -0.2) is 4.39 Å². The maximum absolute atomic E-state index is 13.4. The van der Waals surface area contributed by atoms with Gasteiger partial charge in [0.25, 0.3) is 0 Å². The summed E-state index contributed by atoms with van der Waals surface area (Å²) < 4.78 is 18.3. The average Bonchev–Trinajstić information content (AvgIpc) is 3.17. The summed E-state index contributed by atoms with van der Waals surface area (Å²) in [5.74, 6) is 1.51. The lowest BCUT2D eigenvalue weighted by Gasteiger charge is -2.10. The Kier molecular flexibility index (Phi) is 6.73. The van der Waals surface area contributed by atoms with Crippen molar-refractivity contribution in [2.45, 2.75) is 19.9 Å². The van der Waals surface area contributed by atoms with Crippen molar-refractivity contribution in [3.63, 3.8) is 0 Å². The van der Waals surface area contributed by atoms with Gasteiger partial charge >= 0.3 is 0 Å². The molecule has 25 heavy (non-hydrogen) atoms. The van der Waals surface area contributed by atoms with Crippen LogP contribution in [0.1, 0.15) is 17.3 Å². The van der Waals surface area contributed by atoms with Gasteiger partial charge in [0.05, 0.1) is 6.54 Å². The summed E-state index contributed by atoms with van der Waals surface area (Å²) >= 11 is 0. The second kappa shape index (κ2) is 8.79. The predicted molar refractivity (Wildman–Crippen MR) is 105 cm³/mol. The highest BCUT2D eigenvalue weighted by molar-refractivity contribution is 14.0. The van der Waals surface area contributed by atoms with Crippen LogP contribution in [0.5, 0.6) is 0 Å². The van der Waals surface area contributed by atoms with E-state index in [0.29, 0.717) is 30.8 Å². The Balaban J connectivity index is 0.00000225. The van der Waals surface area contributed by atoms with Gasteiger partial charge in [-0.1, -0.05) is 5.16 Å². The molecule has 134 valence electrons. The third-order valence-corrected chi connectivity index (χ3v) is 3.62. The van der Waals surface area contributed by atoms with Gasteiger partial charge in [0.2, 0.25) is 5.89 Å². The van der Waals surface area contributed by atoms with Crippen LogP contribution < -0.4 is 10.6 Å². The molecule has 0 saturated carbocycles. The first-order valence-corrected chi connectivity index (χ1v) is 7.65. The van der Waals surface area contributed by atoms with Crippen LogP contribution in [-0.4, -0.2) is 34.7 Å². The van der Waals surface area contributed by atoms with Crippen LogP contribution in [0.2, 0.25) is 0 Å². The fourth-order valence-electron chi connectivity index (χ4n) is 2.47. The van der Waals surface area contributed by atoms with Crippen LogP contribution in [0, 0.1) is 12.7 Å². The predicted octanol–water partition coefficient (Wildman–Crippen LogP) is 2.52. The minimum Gasteiger partial charge on any atom is -0.361 e. The number of guanidine groups is 1. The Morgan fingerprint density at radius 2 is 2.20 bits per heavy atom. The van der Waals surface area contributed by atoms with Gasteiger partial charge in [-0.3, -0.25) is 4.99 Å². The van der Waals surface area contributed by atoms with Crippen molar-refractivity contribution in [1.29, 1.82) is 0 Å². The Bertz CT molecular complexity index is 859. The highest BCUT2D eigenvalue weighted by atomic mass is 127. The lowest BCUT2D eigenvalue weighted by molar-refractivity contribution is 0.387. The van der Waals surface area contributed by atoms with Gasteiger partial charge in [-0.15, -0.1) is 24.0 Å². The summed E-state index contributed by atoms with van der Waals surface area (Å²) in [6.07, 6.45) is 2.65. The first-order chi connectivity index (χ1) is 11.7. The lowest BCUT2D eigenvalue weighted by atomic mass is 10.1. The molecule has 0 amide bonds. The first-order valence-electron chi connectivity index (χ1n) is 7.65. The number of hydrogen-bond acceptors (Lipinski definition) is 4. The van der Waals surface area contributed by atoms with Gasteiger partial charge in [0, 0.05) is 37.6 Å². The van der Waals surface area contributed by atoms with Gasteiger partial charge in [0.15, 0.2) is 11.8 Å². The molecule has 2 aromatic heterocycles. The second-order valence-electron chi connectivity index (χ2n) is 5.34. The van der Waals surface area contributed by atoms with E-state index < -0.39 is 0 Å². The van der Waals surface area contributed by atoms with Crippen LogP contribution in [-0.2, 0) is 13.0 Å². The van der Waals surface area contributed by atoms with Crippen LogP contribution in [0.3, 0.4) is 0 Å². The summed E-state index contributed by atoms with van der Waals surface area (Å²) in [6, 6.07) is 4.74. The van der Waals surface area contributed by atoms with E-state index in [1.165, 1.54) is 6.07 Å². The van der Waals surface area contributed by atoms with Crippen molar-refractivity contribution >= 4 is 40.8 Å². The minimum atomic E-state index is -0.232. The van der Waals surface area contributed by atoms with E-state index >= 15 is 0 Å². The van der Waals surface area contributed by atoms with Crippen LogP contribution in [0.4, 0.5) is 4.39 Å². The van der Waals surface area contributed by atoms with Gasteiger partial charge in [-0.05, 0) is 30.2 Å². The summed E-state index contributed by atoms with van der Waals surface area (Å²) in [4.78, 5) is 11.4. The summed E-state index contributed by atoms with van der Waals surface area (Å²) in [6.45, 7) is 2.83. The molecular formula is C16H20FIN6O. The minimum absolute atomic E-state index is 0. The molecule has 3 aromatic rings. The van der Waals surface area contributed by atoms with Crippen molar-refractivity contribution in [3.05, 3.63) is 47.5 Å². The normalized spacial score (nSPS) is 11.4. The number of H-pyrrole nitrogens is 1. The molecule has 0 radical (unpaired) electrons. The largest absolute Gasteiger partial charge is 0.361 e. The number of nitrogens with one attached hydrogen (secondary N) is 3. The van der Waals surface area contributed by atoms with Gasteiger partial charge in [0.1, 0.15) is 5.82 Å².